The Labute approximate surface area is 114 Å². The topological polar surface area (TPSA) is 61.8 Å². The molecular formula is C14H22N2O3. The van der Waals surface area contributed by atoms with Gasteiger partial charge in [0.15, 0.2) is 11.5 Å². The standard InChI is InChI=1S/C14H22N2O3/c1-16(2)9-5-4-8-15-14(18)11-6-7-12(17)13(10-11)19-3/h6-7,10,17H,4-5,8-9H2,1-3H3,(H,15,18). The Bertz CT molecular complexity index is 419. The van der Waals surface area contributed by atoms with E-state index in [2.05, 4.69) is 10.2 Å². The maximum atomic E-state index is 11.9. The van der Waals surface area contributed by atoms with E-state index in [-0.39, 0.29) is 11.7 Å². The summed E-state index contributed by atoms with van der Waals surface area (Å²) in [5.74, 6) is 0.188. The molecule has 0 bridgehead atoms. The Kier molecular flexibility index (Phi) is 6.15. The first-order chi connectivity index (χ1) is 9.04. The van der Waals surface area contributed by atoms with Crippen molar-refractivity contribution < 1.29 is 14.6 Å². The second-order valence-corrected chi connectivity index (χ2v) is 4.65. The molecule has 0 radical (unpaired) electrons. The van der Waals surface area contributed by atoms with Gasteiger partial charge < -0.3 is 20.1 Å². The van der Waals surface area contributed by atoms with Crippen molar-refractivity contribution in [1.29, 1.82) is 0 Å². The normalized spacial score (nSPS) is 10.5. The maximum absolute atomic E-state index is 11.9. The minimum absolute atomic E-state index is 0.0324. The number of nitrogens with one attached hydrogen (secondary N) is 1. The number of carbonyl (C=O) groups excluding carboxylic acids is 1. The minimum atomic E-state index is -0.150. The summed E-state index contributed by atoms with van der Waals surface area (Å²) in [5, 5.41) is 12.3. The van der Waals surface area contributed by atoms with Crippen LogP contribution in [-0.2, 0) is 0 Å². The number of phenols is 1. The van der Waals surface area contributed by atoms with Gasteiger partial charge in [0, 0.05) is 12.1 Å². The molecule has 106 valence electrons. The van der Waals surface area contributed by atoms with E-state index in [1.165, 1.54) is 19.2 Å². The fraction of sp³-hybridized carbons (Fsp3) is 0.500. The molecule has 5 heteroatoms. The zero-order valence-corrected chi connectivity index (χ0v) is 11.8. The van der Waals surface area contributed by atoms with Gasteiger partial charge in [-0.3, -0.25) is 4.79 Å². The fourth-order valence-electron chi connectivity index (χ4n) is 1.68. The molecule has 1 aromatic rings. The van der Waals surface area contributed by atoms with Gasteiger partial charge in [0.05, 0.1) is 7.11 Å². The fourth-order valence-corrected chi connectivity index (χ4v) is 1.68. The van der Waals surface area contributed by atoms with Gasteiger partial charge in [0.2, 0.25) is 0 Å². The molecule has 0 fully saturated rings. The molecule has 5 nitrogen and oxygen atoms in total. The first-order valence-corrected chi connectivity index (χ1v) is 6.34. The van der Waals surface area contributed by atoms with Crippen molar-refractivity contribution in [2.75, 3.05) is 34.3 Å². The van der Waals surface area contributed by atoms with E-state index in [0.29, 0.717) is 17.9 Å². The van der Waals surface area contributed by atoms with Gasteiger partial charge in [-0.1, -0.05) is 0 Å². The van der Waals surface area contributed by atoms with Gasteiger partial charge in [0.25, 0.3) is 5.91 Å². The van der Waals surface area contributed by atoms with Crippen LogP contribution >= 0.6 is 0 Å². The van der Waals surface area contributed by atoms with Crippen LogP contribution in [0, 0.1) is 0 Å². The number of hydrogen-bond donors (Lipinski definition) is 2. The highest BCUT2D eigenvalue weighted by Crippen LogP contribution is 2.26. The number of benzene rings is 1. The highest BCUT2D eigenvalue weighted by Gasteiger charge is 2.08. The molecule has 19 heavy (non-hydrogen) atoms. The molecule has 0 saturated heterocycles. The lowest BCUT2D eigenvalue weighted by Crippen LogP contribution is -2.25. The third-order valence-electron chi connectivity index (χ3n) is 2.76. The van der Waals surface area contributed by atoms with E-state index in [1.54, 1.807) is 6.07 Å². The average Bonchev–Trinajstić information content (AvgIpc) is 2.38. The van der Waals surface area contributed by atoms with Crippen LogP contribution in [0.5, 0.6) is 11.5 Å². The summed E-state index contributed by atoms with van der Waals surface area (Å²) in [4.78, 5) is 14.0. The molecular weight excluding hydrogens is 244 g/mol. The van der Waals surface area contributed by atoms with Crippen LogP contribution in [0.3, 0.4) is 0 Å². The SMILES string of the molecule is COc1cc(C(=O)NCCCCN(C)C)ccc1O. The monoisotopic (exact) mass is 266 g/mol. The van der Waals surface area contributed by atoms with Crippen LogP contribution in [-0.4, -0.2) is 50.2 Å². The number of carbonyl (C=O) groups is 1. The molecule has 0 aliphatic heterocycles. The van der Waals surface area contributed by atoms with Gasteiger partial charge in [0.1, 0.15) is 0 Å². The third kappa shape index (κ3) is 5.18. The molecule has 1 aromatic carbocycles. The molecule has 0 spiro atoms. The molecule has 0 heterocycles. The predicted octanol–water partition coefficient (Wildman–Crippen LogP) is 1.47. The number of rotatable bonds is 7. The van der Waals surface area contributed by atoms with Crippen molar-refractivity contribution in [3.63, 3.8) is 0 Å². The predicted molar refractivity (Wildman–Crippen MR) is 74.8 cm³/mol. The number of methoxy groups -OCH3 is 1. The van der Waals surface area contributed by atoms with Crippen molar-refractivity contribution in [1.82, 2.24) is 10.2 Å². The lowest BCUT2D eigenvalue weighted by Gasteiger charge is -2.10. The summed E-state index contributed by atoms with van der Waals surface area (Å²) in [5.41, 5.74) is 0.488. The highest BCUT2D eigenvalue weighted by atomic mass is 16.5. The maximum Gasteiger partial charge on any atom is 0.251 e. The zero-order valence-electron chi connectivity index (χ0n) is 11.8. The summed E-state index contributed by atoms with van der Waals surface area (Å²) in [6.07, 6.45) is 1.99. The number of amides is 1. The molecule has 0 aliphatic rings. The van der Waals surface area contributed by atoms with E-state index in [4.69, 9.17) is 4.74 Å². The lowest BCUT2D eigenvalue weighted by atomic mass is 10.2. The Hall–Kier alpha value is -1.75. The number of unbranched alkanes of at least 4 members (excludes halogenated alkanes) is 1. The third-order valence-corrected chi connectivity index (χ3v) is 2.76. The molecule has 2 N–H and O–H groups in total. The van der Waals surface area contributed by atoms with E-state index in [9.17, 15) is 9.90 Å². The summed E-state index contributed by atoms with van der Waals surface area (Å²) in [6, 6.07) is 4.57. The molecule has 0 aromatic heterocycles. The van der Waals surface area contributed by atoms with Crippen molar-refractivity contribution in [2.24, 2.45) is 0 Å². The second-order valence-electron chi connectivity index (χ2n) is 4.65. The largest absolute Gasteiger partial charge is 0.504 e. The van der Waals surface area contributed by atoms with E-state index in [0.717, 1.165) is 19.4 Å². The van der Waals surface area contributed by atoms with Crippen molar-refractivity contribution in [2.45, 2.75) is 12.8 Å². The summed E-state index contributed by atoms with van der Waals surface area (Å²) in [6.45, 7) is 1.67. The Morgan fingerprint density at radius 2 is 2.11 bits per heavy atom. The number of aromatic hydroxyl groups is 1. The molecule has 0 unspecified atom stereocenters. The van der Waals surface area contributed by atoms with E-state index in [1.807, 2.05) is 14.1 Å². The number of nitrogens with zero attached hydrogens (tertiary/aromatic N) is 1. The molecule has 1 rings (SSSR count). The van der Waals surface area contributed by atoms with Gasteiger partial charge in [-0.2, -0.15) is 0 Å². The minimum Gasteiger partial charge on any atom is -0.504 e. The van der Waals surface area contributed by atoms with Crippen LogP contribution in [0.1, 0.15) is 23.2 Å². The lowest BCUT2D eigenvalue weighted by molar-refractivity contribution is 0.0952. The van der Waals surface area contributed by atoms with Crippen LogP contribution in [0.25, 0.3) is 0 Å². The zero-order chi connectivity index (χ0) is 14.3. The summed E-state index contributed by atoms with van der Waals surface area (Å²) < 4.78 is 4.97. The van der Waals surface area contributed by atoms with Crippen molar-refractivity contribution in [3.8, 4) is 11.5 Å². The quantitative estimate of drug-likeness (QED) is 0.734. The van der Waals surface area contributed by atoms with Gasteiger partial charge >= 0.3 is 0 Å². The number of phenolic OH excluding ortho intramolecular Hbond substituents is 1. The van der Waals surface area contributed by atoms with E-state index >= 15 is 0 Å². The first-order valence-electron chi connectivity index (χ1n) is 6.34. The summed E-state index contributed by atoms with van der Waals surface area (Å²) >= 11 is 0. The van der Waals surface area contributed by atoms with Crippen LogP contribution in [0.15, 0.2) is 18.2 Å². The van der Waals surface area contributed by atoms with Crippen molar-refractivity contribution >= 4 is 5.91 Å². The average molecular weight is 266 g/mol. The second kappa shape index (κ2) is 7.63. The van der Waals surface area contributed by atoms with Gasteiger partial charge in [-0.25, -0.2) is 0 Å². The molecule has 0 aliphatic carbocycles. The molecule has 1 amide bonds. The number of ether oxygens (including phenoxy) is 1. The smallest absolute Gasteiger partial charge is 0.251 e. The van der Waals surface area contributed by atoms with Crippen LogP contribution < -0.4 is 10.1 Å². The Morgan fingerprint density at radius 1 is 1.37 bits per heavy atom. The first kappa shape index (κ1) is 15.3. The Balaban J connectivity index is 2.41. The number of hydrogen-bond acceptors (Lipinski definition) is 4. The summed E-state index contributed by atoms with van der Waals surface area (Å²) in [7, 11) is 5.51. The molecule has 0 saturated carbocycles. The van der Waals surface area contributed by atoms with Gasteiger partial charge in [-0.15, -0.1) is 0 Å². The molecule has 0 atom stereocenters. The van der Waals surface area contributed by atoms with Crippen LogP contribution in [0.2, 0.25) is 0 Å². The highest BCUT2D eigenvalue weighted by molar-refractivity contribution is 5.94. The van der Waals surface area contributed by atoms with Crippen LogP contribution in [0.4, 0.5) is 0 Å². The Morgan fingerprint density at radius 3 is 2.74 bits per heavy atom. The van der Waals surface area contributed by atoms with Crippen molar-refractivity contribution in [3.05, 3.63) is 23.8 Å². The van der Waals surface area contributed by atoms with E-state index < -0.39 is 0 Å². The van der Waals surface area contributed by atoms with Gasteiger partial charge in [-0.05, 0) is 51.7 Å².